The molecule has 0 saturated heterocycles. The number of halogens is 6. The molecule has 2 amide bonds. The first-order valence-corrected chi connectivity index (χ1v) is 12.3. The molecule has 0 spiro atoms. The predicted octanol–water partition coefficient (Wildman–Crippen LogP) is 6.21. The van der Waals surface area contributed by atoms with E-state index in [1.807, 2.05) is 0 Å². The molecule has 0 saturated carbocycles. The van der Waals surface area contributed by atoms with Gasteiger partial charge in [0.1, 0.15) is 0 Å². The molecule has 4 aromatic rings. The molecule has 1 aliphatic heterocycles. The van der Waals surface area contributed by atoms with Crippen molar-refractivity contribution in [3.63, 3.8) is 0 Å². The van der Waals surface area contributed by atoms with Gasteiger partial charge in [-0.15, -0.1) is 0 Å². The Bertz CT molecular complexity index is 1680. The van der Waals surface area contributed by atoms with Crippen LogP contribution in [-0.2, 0) is 10.5 Å². The van der Waals surface area contributed by atoms with Gasteiger partial charge >= 0.3 is 18.2 Å². The van der Waals surface area contributed by atoms with E-state index in [2.05, 4.69) is 31.2 Å². The monoisotopic (exact) mass is 660 g/mol. The molecule has 1 aromatic heterocycles. The number of rotatable bonds is 3. The van der Waals surface area contributed by atoms with Gasteiger partial charge in [-0.1, -0.05) is 51.3 Å². The number of aromatic nitrogens is 2. The van der Waals surface area contributed by atoms with E-state index in [4.69, 9.17) is 38.2 Å². The number of aliphatic carboxylic acids is 1. The van der Waals surface area contributed by atoms with Crippen LogP contribution in [-0.4, -0.2) is 49.4 Å². The zero-order chi connectivity index (χ0) is 29.6. The van der Waals surface area contributed by atoms with Crippen molar-refractivity contribution in [1.29, 1.82) is 0 Å². The maximum absolute atomic E-state index is 13.5. The lowest BCUT2D eigenvalue weighted by Crippen LogP contribution is -2.45. The van der Waals surface area contributed by atoms with E-state index in [0.717, 1.165) is 4.47 Å². The molecule has 5 N–H and O–H groups in total. The number of benzene rings is 3. The third-order valence-electron chi connectivity index (χ3n) is 5.61. The molecule has 208 valence electrons. The Morgan fingerprint density at radius 1 is 1.05 bits per heavy atom. The summed E-state index contributed by atoms with van der Waals surface area (Å²) in [7, 11) is 0. The third kappa shape index (κ3) is 5.43. The zero-order valence-corrected chi connectivity index (χ0v) is 22.5. The molecule has 2 heterocycles. The van der Waals surface area contributed by atoms with Crippen molar-refractivity contribution in [2.45, 2.75) is 11.9 Å². The van der Waals surface area contributed by atoms with Crippen molar-refractivity contribution >= 4 is 79.8 Å². The number of imidazole rings is 1. The molecule has 0 aliphatic carbocycles. The van der Waals surface area contributed by atoms with Crippen molar-refractivity contribution in [2.75, 3.05) is 10.2 Å². The molecule has 10 nitrogen and oxygen atoms in total. The van der Waals surface area contributed by atoms with E-state index in [1.54, 1.807) is 42.5 Å². The lowest BCUT2D eigenvalue weighted by Gasteiger charge is -2.35. The molecule has 0 fully saturated rings. The van der Waals surface area contributed by atoms with Crippen LogP contribution < -0.4 is 10.2 Å². The van der Waals surface area contributed by atoms with E-state index in [-0.39, 0.29) is 27.1 Å². The fourth-order valence-electron chi connectivity index (χ4n) is 3.99. The normalized spacial score (nSPS) is 16.4. The molecule has 1 unspecified atom stereocenters. The standard InChI is InChI=1S/C22H13BrCl2N4O4.C2HF3O2/c23-11-2-1-3-12(7-11)29-19(30)13-8-15(24)16(25)9-14(13)22(29,33)10-4-5-17-18(6-10)27-20(26-17)28-21(31)32;3-2(4,5)1(6)7/h1-9,33H,(H,31,32)(H2,26,27,28);(H,6,7). The van der Waals surface area contributed by atoms with Crippen molar-refractivity contribution < 1.29 is 42.9 Å². The molecule has 0 bridgehead atoms. The summed E-state index contributed by atoms with van der Waals surface area (Å²) >= 11 is 15.8. The van der Waals surface area contributed by atoms with Gasteiger partial charge in [0.2, 0.25) is 5.95 Å². The van der Waals surface area contributed by atoms with Gasteiger partial charge in [0, 0.05) is 26.9 Å². The first-order valence-electron chi connectivity index (χ1n) is 10.7. The predicted molar refractivity (Wildman–Crippen MR) is 142 cm³/mol. The van der Waals surface area contributed by atoms with Gasteiger partial charge in [-0.05, 0) is 42.5 Å². The second-order valence-corrected chi connectivity index (χ2v) is 9.89. The smallest absolute Gasteiger partial charge is 0.475 e. The third-order valence-corrected chi connectivity index (χ3v) is 6.83. The van der Waals surface area contributed by atoms with E-state index < -0.39 is 29.9 Å². The highest BCUT2D eigenvalue weighted by molar-refractivity contribution is 9.10. The summed E-state index contributed by atoms with van der Waals surface area (Å²) in [5.74, 6) is -3.18. The van der Waals surface area contributed by atoms with E-state index >= 15 is 0 Å². The number of H-pyrrole nitrogens is 1. The van der Waals surface area contributed by atoms with Crippen LogP contribution in [0.15, 0.2) is 59.1 Å². The molecule has 5 rings (SSSR count). The fraction of sp³-hybridized carbons (Fsp3) is 0.0833. The lowest BCUT2D eigenvalue weighted by atomic mass is 9.93. The Hall–Kier alpha value is -3.85. The summed E-state index contributed by atoms with van der Waals surface area (Å²) in [5, 5.41) is 30.8. The number of anilines is 2. The van der Waals surface area contributed by atoms with Crippen LogP contribution in [0.25, 0.3) is 11.0 Å². The number of carbonyl (C=O) groups excluding carboxylic acids is 1. The molecule has 1 atom stereocenters. The number of nitrogens with one attached hydrogen (secondary N) is 2. The Labute approximate surface area is 240 Å². The highest BCUT2D eigenvalue weighted by atomic mass is 79.9. The van der Waals surface area contributed by atoms with Crippen LogP contribution >= 0.6 is 39.1 Å². The van der Waals surface area contributed by atoms with Crippen molar-refractivity contribution in [1.82, 2.24) is 9.97 Å². The Balaban J connectivity index is 0.000000470. The number of carboxylic acids is 1. The average molecular weight is 662 g/mol. The van der Waals surface area contributed by atoms with Crippen LogP contribution in [0.2, 0.25) is 10.0 Å². The molecule has 16 heteroatoms. The molecule has 1 aliphatic rings. The average Bonchev–Trinajstić information content (AvgIpc) is 3.34. The minimum Gasteiger partial charge on any atom is -0.475 e. The Morgan fingerprint density at radius 2 is 1.70 bits per heavy atom. The molecule has 40 heavy (non-hydrogen) atoms. The summed E-state index contributed by atoms with van der Waals surface area (Å²) in [6.45, 7) is 0. The number of alkyl halides is 3. The number of fused-ring (bicyclic) bond motifs is 2. The van der Waals surface area contributed by atoms with Crippen LogP contribution in [0.1, 0.15) is 21.5 Å². The highest BCUT2D eigenvalue weighted by Crippen LogP contribution is 2.47. The number of aliphatic hydroxyl groups is 1. The van der Waals surface area contributed by atoms with Gasteiger partial charge in [-0.3, -0.25) is 15.0 Å². The van der Waals surface area contributed by atoms with Gasteiger partial charge in [0.15, 0.2) is 5.72 Å². The van der Waals surface area contributed by atoms with Crippen LogP contribution in [0.4, 0.5) is 29.6 Å². The van der Waals surface area contributed by atoms with E-state index in [9.17, 15) is 27.9 Å². The van der Waals surface area contributed by atoms with Crippen LogP contribution in [0, 0.1) is 0 Å². The molecular formula is C24H14BrCl2F3N4O6. The first-order chi connectivity index (χ1) is 18.6. The number of carboxylic acid groups (broad SMARTS) is 2. The molecule has 3 aromatic carbocycles. The minimum atomic E-state index is -5.08. The van der Waals surface area contributed by atoms with Gasteiger partial charge < -0.3 is 20.3 Å². The zero-order valence-electron chi connectivity index (χ0n) is 19.4. The summed E-state index contributed by atoms with van der Waals surface area (Å²) in [5.41, 5.74) is 0.263. The van der Waals surface area contributed by atoms with Crippen molar-refractivity contribution in [2.24, 2.45) is 0 Å². The maximum Gasteiger partial charge on any atom is 0.490 e. The second-order valence-electron chi connectivity index (χ2n) is 8.15. The summed E-state index contributed by atoms with van der Waals surface area (Å²) in [4.78, 5) is 41.6. The molecule has 0 radical (unpaired) electrons. The lowest BCUT2D eigenvalue weighted by molar-refractivity contribution is -0.192. The first kappa shape index (κ1) is 29.1. The summed E-state index contributed by atoms with van der Waals surface area (Å²) in [6, 6.07) is 14.7. The topological polar surface area (TPSA) is 156 Å². The van der Waals surface area contributed by atoms with Crippen molar-refractivity contribution in [3.8, 4) is 0 Å². The van der Waals surface area contributed by atoms with Gasteiger partial charge in [0.25, 0.3) is 5.91 Å². The highest BCUT2D eigenvalue weighted by Gasteiger charge is 2.51. The van der Waals surface area contributed by atoms with Crippen molar-refractivity contribution in [3.05, 3.63) is 85.8 Å². The number of aromatic amines is 1. The van der Waals surface area contributed by atoms with Crippen LogP contribution in [0.5, 0.6) is 0 Å². The van der Waals surface area contributed by atoms with E-state index in [1.165, 1.54) is 17.0 Å². The number of nitrogens with zero attached hydrogens (tertiary/aromatic N) is 2. The van der Waals surface area contributed by atoms with Gasteiger partial charge in [-0.25, -0.2) is 14.6 Å². The number of carbonyl (C=O) groups is 3. The number of hydrogen-bond donors (Lipinski definition) is 5. The quantitative estimate of drug-likeness (QED) is 0.175. The number of hydrogen-bond acceptors (Lipinski definition) is 5. The maximum atomic E-state index is 13.5. The van der Waals surface area contributed by atoms with E-state index in [0.29, 0.717) is 22.3 Å². The Kier molecular flexibility index (Phi) is 7.73. The minimum absolute atomic E-state index is 0.0308. The SMILES string of the molecule is O=C(O)C(F)(F)F.O=C(O)Nc1nc2ccc(C3(O)c4cc(Cl)c(Cl)cc4C(=O)N3c3cccc(Br)c3)cc2[nH]1. The molecular weight excluding hydrogens is 648 g/mol. The van der Waals surface area contributed by atoms with Gasteiger partial charge in [-0.2, -0.15) is 13.2 Å². The van der Waals surface area contributed by atoms with Gasteiger partial charge in [0.05, 0.1) is 21.1 Å². The fourth-order valence-corrected chi connectivity index (χ4v) is 4.71. The summed E-state index contributed by atoms with van der Waals surface area (Å²) < 4.78 is 32.5. The summed E-state index contributed by atoms with van der Waals surface area (Å²) in [6.07, 6.45) is -6.35. The van der Waals surface area contributed by atoms with Crippen LogP contribution in [0.3, 0.4) is 0 Å². The number of amides is 2. The second kappa shape index (κ2) is 10.6. The Morgan fingerprint density at radius 3 is 2.30 bits per heavy atom. The largest absolute Gasteiger partial charge is 0.490 e.